The summed E-state index contributed by atoms with van der Waals surface area (Å²) in [4.78, 5) is 15.1. The molecule has 0 radical (unpaired) electrons. The van der Waals surface area contributed by atoms with Crippen LogP contribution < -0.4 is 4.74 Å². The molecule has 0 aliphatic carbocycles. The summed E-state index contributed by atoms with van der Waals surface area (Å²) in [5.41, 5.74) is 0.829. The van der Waals surface area contributed by atoms with Crippen molar-refractivity contribution in [1.82, 2.24) is 4.98 Å². The predicted molar refractivity (Wildman–Crippen MR) is 75.2 cm³/mol. The third kappa shape index (κ3) is 3.24. The molecule has 0 bridgehead atoms. The second kappa shape index (κ2) is 5.59. The zero-order chi connectivity index (χ0) is 14.0. The Morgan fingerprint density at radius 3 is 2.79 bits per heavy atom. The molecule has 1 heterocycles. The van der Waals surface area contributed by atoms with Gasteiger partial charge in [0.15, 0.2) is 0 Å². The summed E-state index contributed by atoms with van der Waals surface area (Å²) < 4.78 is 6.06. The standard InChI is InChI=1S/C13H9BrClNO3/c1-7-4-9(2-3-11(7)15)19-12-10(13(17)18)5-8(14)6-16-12/h2-6H,1H3,(H,17,18). The van der Waals surface area contributed by atoms with Gasteiger partial charge in [-0.15, -0.1) is 0 Å². The molecule has 6 heteroatoms. The molecule has 19 heavy (non-hydrogen) atoms. The maximum absolute atomic E-state index is 11.1. The molecule has 1 aromatic carbocycles. The van der Waals surface area contributed by atoms with Gasteiger partial charge in [-0.25, -0.2) is 9.78 Å². The Bertz CT molecular complexity index is 646. The van der Waals surface area contributed by atoms with Crippen molar-refractivity contribution >= 4 is 33.5 Å². The molecule has 2 rings (SSSR count). The SMILES string of the molecule is Cc1cc(Oc2ncc(Br)cc2C(=O)O)ccc1Cl. The van der Waals surface area contributed by atoms with Crippen LogP contribution >= 0.6 is 27.5 Å². The second-order valence-electron chi connectivity index (χ2n) is 3.82. The normalized spacial score (nSPS) is 10.3. The van der Waals surface area contributed by atoms with Crippen LogP contribution in [0, 0.1) is 6.92 Å². The van der Waals surface area contributed by atoms with Crippen LogP contribution in [0.15, 0.2) is 34.9 Å². The summed E-state index contributed by atoms with van der Waals surface area (Å²) >= 11 is 9.09. The number of pyridine rings is 1. The topological polar surface area (TPSA) is 59.4 Å². The molecule has 0 spiro atoms. The van der Waals surface area contributed by atoms with Gasteiger partial charge in [0.2, 0.25) is 5.88 Å². The van der Waals surface area contributed by atoms with Crippen molar-refractivity contribution in [2.45, 2.75) is 6.92 Å². The average Bonchev–Trinajstić information content (AvgIpc) is 2.36. The van der Waals surface area contributed by atoms with Crippen LogP contribution in [-0.4, -0.2) is 16.1 Å². The molecule has 0 atom stereocenters. The number of aromatic carboxylic acids is 1. The Morgan fingerprint density at radius 2 is 2.16 bits per heavy atom. The van der Waals surface area contributed by atoms with Gasteiger partial charge in [-0.05, 0) is 52.7 Å². The number of rotatable bonds is 3. The zero-order valence-corrected chi connectivity index (χ0v) is 12.2. The highest BCUT2D eigenvalue weighted by atomic mass is 79.9. The third-order valence-electron chi connectivity index (χ3n) is 2.39. The third-order valence-corrected chi connectivity index (χ3v) is 3.25. The summed E-state index contributed by atoms with van der Waals surface area (Å²) in [6.45, 7) is 1.84. The molecule has 2 aromatic rings. The van der Waals surface area contributed by atoms with Crippen LogP contribution in [0.3, 0.4) is 0 Å². The monoisotopic (exact) mass is 341 g/mol. The Hall–Kier alpha value is -1.59. The quantitative estimate of drug-likeness (QED) is 0.903. The van der Waals surface area contributed by atoms with Crippen LogP contribution in [0.1, 0.15) is 15.9 Å². The minimum Gasteiger partial charge on any atom is -0.477 e. The lowest BCUT2D eigenvalue weighted by atomic mass is 10.2. The Balaban J connectivity index is 2.37. The first kappa shape index (κ1) is 13.8. The number of hydrogen-bond donors (Lipinski definition) is 1. The van der Waals surface area contributed by atoms with Gasteiger partial charge in [0.1, 0.15) is 11.3 Å². The molecule has 1 aromatic heterocycles. The van der Waals surface area contributed by atoms with E-state index in [1.165, 1.54) is 12.3 Å². The summed E-state index contributed by atoms with van der Waals surface area (Å²) in [5, 5.41) is 9.72. The molecule has 98 valence electrons. The first-order valence-corrected chi connectivity index (χ1v) is 6.47. The van der Waals surface area contributed by atoms with Crippen LogP contribution in [0.4, 0.5) is 0 Å². The number of carboxylic acids is 1. The van der Waals surface area contributed by atoms with Crippen molar-refractivity contribution in [3.63, 3.8) is 0 Å². The van der Waals surface area contributed by atoms with Crippen molar-refractivity contribution in [3.05, 3.63) is 51.1 Å². The Labute approximate surface area is 123 Å². The van der Waals surface area contributed by atoms with Crippen molar-refractivity contribution in [1.29, 1.82) is 0 Å². The minimum atomic E-state index is -1.10. The van der Waals surface area contributed by atoms with E-state index in [1.54, 1.807) is 18.2 Å². The van der Waals surface area contributed by atoms with E-state index < -0.39 is 5.97 Å². The van der Waals surface area contributed by atoms with Gasteiger partial charge in [-0.1, -0.05) is 11.6 Å². The fourth-order valence-corrected chi connectivity index (χ4v) is 1.90. The van der Waals surface area contributed by atoms with Gasteiger partial charge in [-0.2, -0.15) is 0 Å². The molecule has 1 N–H and O–H groups in total. The maximum atomic E-state index is 11.1. The smallest absolute Gasteiger partial charge is 0.341 e. The lowest BCUT2D eigenvalue weighted by molar-refractivity contribution is 0.0693. The lowest BCUT2D eigenvalue weighted by Crippen LogP contribution is -2.02. The van der Waals surface area contributed by atoms with Crippen molar-refractivity contribution in [2.24, 2.45) is 0 Å². The molecular weight excluding hydrogens is 334 g/mol. The van der Waals surface area contributed by atoms with E-state index in [1.807, 2.05) is 6.92 Å². The van der Waals surface area contributed by atoms with Crippen LogP contribution in [0.5, 0.6) is 11.6 Å². The molecule has 0 aliphatic heterocycles. The Morgan fingerprint density at radius 1 is 1.42 bits per heavy atom. The number of ether oxygens (including phenoxy) is 1. The number of aromatic nitrogens is 1. The van der Waals surface area contributed by atoms with E-state index in [4.69, 9.17) is 21.4 Å². The molecule has 0 aliphatic rings. The number of aryl methyl sites for hydroxylation is 1. The van der Waals surface area contributed by atoms with Crippen molar-refractivity contribution in [3.8, 4) is 11.6 Å². The van der Waals surface area contributed by atoms with Gasteiger partial charge >= 0.3 is 5.97 Å². The first-order valence-electron chi connectivity index (χ1n) is 5.30. The fourth-order valence-electron chi connectivity index (χ4n) is 1.45. The van der Waals surface area contributed by atoms with Gasteiger partial charge in [-0.3, -0.25) is 0 Å². The lowest BCUT2D eigenvalue weighted by Gasteiger charge is -2.09. The van der Waals surface area contributed by atoms with Gasteiger partial charge in [0.05, 0.1) is 0 Å². The summed E-state index contributed by atoms with van der Waals surface area (Å²) in [7, 11) is 0. The summed E-state index contributed by atoms with van der Waals surface area (Å²) in [5.74, 6) is -0.578. The molecule has 0 fully saturated rings. The van der Waals surface area contributed by atoms with E-state index in [2.05, 4.69) is 20.9 Å². The zero-order valence-electron chi connectivity index (χ0n) is 9.85. The summed E-state index contributed by atoms with van der Waals surface area (Å²) in [6.07, 6.45) is 1.48. The van der Waals surface area contributed by atoms with Crippen LogP contribution in [0.25, 0.3) is 0 Å². The second-order valence-corrected chi connectivity index (χ2v) is 5.15. The number of carbonyl (C=O) groups is 1. The van der Waals surface area contributed by atoms with Crippen LogP contribution in [0.2, 0.25) is 5.02 Å². The highest BCUT2D eigenvalue weighted by Gasteiger charge is 2.14. The fraction of sp³-hybridized carbons (Fsp3) is 0.0769. The molecule has 4 nitrogen and oxygen atoms in total. The van der Waals surface area contributed by atoms with E-state index >= 15 is 0 Å². The van der Waals surface area contributed by atoms with Crippen molar-refractivity contribution < 1.29 is 14.6 Å². The highest BCUT2D eigenvalue weighted by molar-refractivity contribution is 9.10. The van der Waals surface area contributed by atoms with Crippen molar-refractivity contribution in [2.75, 3.05) is 0 Å². The number of nitrogens with zero attached hydrogens (tertiary/aromatic N) is 1. The van der Waals surface area contributed by atoms with E-state index in [0.717, 1.165) is 5.56 Å². The molecule has 0 saturated heterocycles. The molecule has 0 amide bonds. The maximum Gasteiger partial charge on any atom is 0.341 e. The average molecular weight is 343 g/mol. The molecule has 0 saturated carbocycles. The number of benzene rings is 1. The Kier molecular flexibility index (Phi) is 4.07. The highest BCUT2D eigenvalue weighted by Crippen LogP contribution is 2.28. The molecular formula is C13H9BrClNO3. The number of halogens is 2. The number of carboxylic acid groups (broad SMARTS) is 1. The summed E-state index contributed by atoms with van der Waals surface area (Å²) in [6, 6.07) is 6.50. The predicted octanol–water partition coefficient (Wildman–Crippen LogP) is 4.30. The van der Waals surface area contributed by atoms with E-state index in [9.17, 15) is 4.79 Å². The largest absolute Gasteiger partial charge is 0.477 e. The van der Waals surface area contributed by atoms with Crippen LogP contribution in [-0.2, 0) is 0 Å². The van der Waals surface area contributed by atoms with E-state index in [-0.39, 0.29) is 11.4 Å². The van der Waals surface area contributed by atoms with Gasteiger partial charge < -0.3 is 9.84 Å². The minimum absolute atomic E-state index is 0.0121. The first-order chi connectivity index (χ1) is 8.97. The van der Waals surface area contributed by atoms with E-state index in [0.29, 0.717) is 15.2 Å². The number of hydrogen-bond acceptors (Lipinski definition) is 3. The molecule has 0 unspecified atom stereocenters. The van der Waals surface area contributed by atoms with Gasteiger partial charge in [0, 0.05) is 15.7 Å². The van der Waals surface area contributed by atoms with Gasteiger partial charge in [0.25, 0.3) is 0 Å².